The van der Waals surface area contributed by atoms with Crippen LogP contribution < -0.4 is 19.5 Å². The maximum absolute atomic E-state index is 12.5. The van der Waals surface area contributed by atoms with Crippen LogP contribution in [0.1, 0.15) is 35.6 Å². The molecular weight excluding hydrogens is 462 g/mol. The Balaban J connectivity index is 1.61. The van der Waals surface area contributed by atoms with Crippen LogP contribution in [0, 0.1) is 6.92 Å². The molecule has 0 spiro atoms. The monoisotopic (exact) mass is 487 g/mol. The van der Waals surface area contributed by atoms with Crippen LogP contribution in [0.25, 0.3) is 0 Å². The molecule has 0 unspecified atom stereocenters. The van der Waals surface area contributed by atoms with Crippen molar-refractivity contribution in [1.29, 1.82) is 0 Å². The third kappa shape index (κ3) is 5.58. The second kappa shape index (κ2) is 10.3. The average Bonchev–Trinajstić information content (AvgIpc) is 3.02. The Kier molecular flexibility index (Phi) is 7.57. The van der Waals surface area contributed by atoms with E-state index >= 15 is 0 Å². The van der Waals surface area contributed by atoms with Gasteiger partial charge in [-0.2, -0.15) is 5.10 Å². The van der Waals surface area contributed by atoms with Crippen LogP contribution in [-0.2, 0) is 13.7 Å². The highest BCUT2D eigenvalue weighted by molar-refractivity contribution is 9.10. The van der Waals surface area contributed by atoms with Crippen LogP contribution in [0.3, 0.4) is 0 Å². The number of carbonyl (C=O) groups excluding carboxylic acids is 1. The standard InChI is InChI=1S/C23H26BrN3O4/c1-5-29-19-12-7-16(13-20(19)30-6-2)14-31-18-10-8-17(9-11-18)25-23(28)22-21(24)15(3)27(4)26-22/h7-13H,5-6,14H2,1-4H3,(H,25,28). The summed E-state index contributed by atoms with van der Waals surface area (Å²) in [5.41, 5.74) is 2.86. The Bertz CT molecular complexity index is 1050. The number of ether oxygens (including phenoxy) is 3. The van der Waals surface area contributed by atoms with Gasteiger partial charge in [0.25, 0.3) is 5.91 Å². The van der Waals surface area contributed by atoms with E-state index in [4.69, 9.17) is 14.2 Å². The summed E-state index contributed by atoms with van der Waals surface area (Å²) in [5.74, 6) is 1.85. The fourth-order valence-corrected chi connectivity index (χ4v) is 3.42. The fourth-order valence-electron chi connectivity index (χ4n) is 2.90. The van der Waals surface area contributed by atoms with Gasteiger partial charge in [-0.3, -0.25) is 9.48 Å². The molecule has 0 bridgehead atoms. The molecule has 0 aliphatic rings. The van der Waals surface area contributed by atoms with E-state index in [0.717, 1.165) is 17.0 Å². The van der Waals surface area contributed by atoms with Crippen LogP contribution >= 0.6 is 15.9 Å². The van der Waals surface area contributed by atoms with E-state index in [2.05, 4.69) is 26.3 Å². The van der Waals surface area contributed by atoms with Crippen LogP contribution in [0.4, 0.5) is 5.69 Å². The quantitative estimate of drug-likeness (QED) is 0.453. The number of aryl methyl sites for hydroxylation is 1. The van der Waals surface area contributed by atoms with Gasteiger partial charge in [0.1, 0.15) is 12.4 Å². The van der Waals surface area contributed by atoms with Crippen LogP contribution in [0.2, 0.25) is 0 Å². The normalized spacial score (nSPS) is 10.6. The zero-order chi connectivity index (χ0) is 22.4. The van der Waals surface area contributed by atoms with Crippen molar-refractivity contribution in [3.63, 3.8) is 0 Å². The minimum absolute atomic E-state index is 0.276. The molecule has 0 saturated carbocycles. The molecule has 0 aliphatic heterocycles. The van der Waals surface area contributed by atoms with Crippen LogP contribution in [0.15, 0.2) is 46.9 Å². The lowest BCUT2D eigenvalue weighted by molar-refractivity contribution is 0.102. The van der Waals surface area contributed by atoms with Crippen molar-refractivity contribution in [3.8, 4) is 17.2 Å². The first-order valence-electron chi connectivity index (χ1n) is 10.0. The van der Waals surface area contributed by atoms with Crippen molar-refractivity contribution in [2.24, 2.45) is 7.05 Å². The molecule has 1 heterocycles. The second-order valence-corrected chi connectivity index (χ2v) is 7.58. The summed E-state index contributed by atoms with van der Waals surface area (Å²) >= 11 is 3.42. The first kappa shape index (κ1) is 22.7. The number of aromatic nitrogens is 2. The Morgan fingerprint density at radius 3 is 2.32 bits per heavy atom. The minimum atomic E-state index is -0.276. The van der Waals surface area contributed by atoms with Gasteiger partial charge in [0.15, 0.2) is 17.2 Å². The minimum Gasteiger partial charge on any atom is -0.490 e. The Morgan fingerprint density at radius 1 is 1.03 bits per heavy atom. The van der Waals surface area contributed by atoms with E-state index < -0.39 is 0 Å². The topological polar surface area (TPSA) is 74.6 Å². The molecule has 0 saturated heterocycles. The highest BCUT2D eigenvalue weighted by atomic mass is 79.9. The summed E-state index contributed by atoms with van der Waals surface area (Å²) in [6, 6.07) is 13.0. The van der Waals surface area contributed by atoms with Gasteiger partial charge < -0.3 is 19.5 Å². The molecule has 3 aromatic rings. The molecule has 8 heteroatoms. The molecule has 0 fully saturated rings. The molecule has 7 nitrogen and oxygen atoms in total. The SMILES string of the molecule is CCOc1ccc(COc2ccc(NC(=O)c3nn(C)c(C)c3Br)cc2)cc1OCC. The van der Waals surface area contributed by atoms with Crippen molar-refractivity contribution in [3.05, 3.63) is 63.9 Å². The van der Waals surface area contributed by atoms with Gasteiger partial charge in [-0.25, -0.2) is 0 Å². The number of rotatable bonds is 9. The summed E-state index contributed by atoms with van der Waals surface area (Å²) in [6.07, 6.45) is 0. The first-order valence-corrected chi connectivity index (χ1v) is 10.8. The van der Waals surface area contributed by atoms with Crippen molar-refractivity contribution in [1.82, 2.24) is 9.78 Å². The fraction of sp³-hybridized carbons (Fsp3) is 0.304. The Hall–Kier alpha value is -3.00. The predicted molar refractivity (Wildman–Crippen MR) is 123 cm³/mol. The number of halogens is 1. The van der Waals surface area contributed by atoms with E-state index in [9.17, 15) is 4.79 Å². The maximum Gasteiger partial charge on any atom is 0.277 e. The molecule has 164 valence electrons. The predicted octanol–water partition coefficient (Wildman–Crippen LogP) is 5.12. The largest absolute Gasteiger partial charge is 0.490 e. The van der Waals surface area contributed by atoms with Crippen molar-refractivity contribution in [2.45, 2.75) is 27.4 Å². The van der Waals surface area contributed by atoms with E-state index in [0.29, 0.717) is 47.2 Å². The number of hydrogen-bond acceptors (Lipinski definition) is 5. The van der Waals surface area contributed by atoms with Gasteiger partial charge in [-0.1, -0.05) is 6.07 Å². The van der Waals surface area contributed by atoms with Gasteiger partial charge >= 0.3 is 0 Å². The molecule has 0 radical (unpaired) electrons. The van der Waals surface area contributed by atoms with Gasteiger partial charge in [0.05, 0.1) is 23.4 Å². The number of amides is 1. The molecule has 1 amide bonds. The summed E-state index contributed by atoms with van der Waals surface area (Å²) in [5, 5.41) is 7.09. The van der Waals surface area contributed by atoms with Gasteiger partial charge in [0.2, 0.25) is 0 Å². The lowest BCUT2D eigenvalue weighted by Gasteiger charge is -2.13. The summed E-state index contributed by atoms with van der Waals surface area (Å²) in [7, 11) is 1.80. The number of anilines is 1. The van der Waals surface area contributed by atoms with Gasteiger partial charge in [-0.15, -0.1) is 0 Å². The lowest BCUT2D eigenvalue weighted by Crippen LogP contribution is -2.13. The average molecular weight is 488 g/mol. The van der Waals surface area contributed by atoms with E-state index in [1.807, 2.05) is 51.1 Å². The van der Waals surface area contributed by atoms with E-state index in [1.54, 1.807) is 23.9 Å². The molecule has 1 aromatic heterocycles. The third-order valence-electron chi connectivity index (χ3n) is 4.60. The van der Waals surface area contributed by atoms with E-state index in [-0.39, 0.29) is 5.91 Å². The number of carbonyl (C=O) groups is 1. The van der Waals surface area contributed by atoms with Crippen molar-refractivity contribution in [2.75, 3.05) is 18.5 Å². The zero-order valence-electron chi connectivity index (χ0n) is 18.1. The molecule has 31 heavy (non-hydrogen) atoms. The van der Waals surface area contributed by atoms with Crippen LogP contribution in [0.5, 0.6) is 17.2 Å². The second-order valence-electron chi connectivity index (χ2n) is 6.79. The van der Waals surface area contributed by atoms with Gasteiger partial charge in [0, 0.05) is 12.7 Å². The summed E-state index contributed by atoms with van der Waals surface area (Å²) in [6.45, 7) is 7.30. The molecule has 1 N–H and O–H groups in total. The highest BCUT2D eigenvalue weighted by Gasteiger charge is 2.17. The number of hydrogen-bond donors (Lipinski definition) is 1. The molecular formula is C23H26BrN3O4. The number of nitrogens with one attached hydrogen (secondary N) is 1. The number of nitrogens with zero attached hydrogens (tertiary/aromatic N) is 2. The molecule has 0 atom stereocenters. The van der Waals surface area contributed by atoms with Crippen LogP contribution in [-0.4, -0.2) is 28.9 Å². The highest BCUT2D eigenvalue weighted by Crippen LogP contribution is 2.29. The lowest BCUT2D eigenvalue weighted by atomic mass is 10.2. The van der Waals surface area contributed by atoms with E-state index in [1.165, 1.54) is 0 Å². The number of benzene rings is 2. The first-order chi connectivity index (χ1) is 14.9. The smallest absolute Gasteiger partial charge is 0.277 e. The van der Waals surface area contributed by atoms with Gasteiger partial charge in [-0.05, 0) is 78.7 Å². The maximum atomic E-state index is 12.5. The summed E-state index contributed by atoms with van der Waals surface area (Å²) in [4.78, 5) is 12.5. The Morgan fingerprint density at radius 2 is 1.71 bits per heavy atom. The molecule has 3 rings (SSSR count). The zero-order valence-corrected chi connectivity index (χ0v) is 19.7. The van der Waals surface area contributed by atoms with Crippen molar-refractivity contribution >= 4 is 27.5 Å². The molecule has 0 aliphatic carbocycles. The van der Waals surface area contributed by atoms with Crippen molar-refractivity contribution < 1.29 is 19.0 Å². The molecule has 2 aromatic carbocycles. The Labute approximate surface area is 190 Å². The summed E-state index contributed by atoms with van der Waals surface area (Å²) < 4.78 is 19.5. The third-order valence-corrected chi connectivity index (χ3v) is 5.55.